The van der Waals surface area contributed by atoms with Crippen LogP contribution in [0.15, 0.2) is 23.0 Å². The molecule has 2 aromatic rings. The van der Waals surface area contributed by atoms with Crippen molar-refractivity contribution in [1.82, 2.24) is 15.3 Å². The molecule has 0 spiro atoms. The number of hydrogen-bond acceptors (Lipinski definition) is 4. The second-order valence-electron chi connectivity index (χ2n) is 4.95. The van der Waals surface area contributed by atoms with Crippen molar-refractivity contribution in [2.75, 3.05) is 19.8 Å². The van der Waals surface area contributed by atoms with Crippen LogP contribution in [0.25, 0.3) is 11.0 Å². The third-order valence-corrected chi connectivity index (χ3v) is 3.51. The van der Waals surface area contributed by atoms with E-state index >= 15 is 0 Å². The summed E-state index contributed by atoms with van der Waals surface area (Å²) < 4.78 is 5.42. The van der Waals surface area contributed by atoms with E-state index in [0.29, 0.717) is 12.6 Å². The molecule has 2 unspecified atom stereocenters. The number of nitrogens with one attached hydrogen (secondary N) is 3. The number of benzene rings is 1. The molecule has 2 atom stereocenters. The Morgan fingerprint density at radius 2 is 2.21 bits per heavy atom. The Kier molecular flexibility index (Phi) is 3.37. The van der Waals surface area contributed by atoms with Crippen molar-refractivity contribution >= 4 is 11.0 Å². The number of fused-ring (bicyclic) bond motifs is 1. The van der Waals surface area contributed by atoms with E-state index in [1.807, 2.05) is 18.2 Å². The Morgan fingerprint density at radius 3 is 3.00 bits per heavy atom. The fourth-order valence-corrected chi connectivity index (χ4v) is 2.49. The van der Waals surface area contributed by atoms with Crippen LogP contribution in [0.4, 0.5) is 0 Å². The standard InChI is InChI=1S/C13H18N4O2/c14-10(6-9-7-19-4-3-15-9)8-1-2-11-12(5-8)17-13(18)16-11/h1-2,5,9-10,15H,3-4,6-7,14H2,(H2,16,17,18). The van der Waals surface area contributed by atoms with Gasteiger partial charge >= 0.3 is 5.69 Å². The minimum absolute atomic E-state index is 0.0676. The summed E-state index contributed by atoms with van der Waals surface area (Å²) in [5.41, 5.74) is 8.66. The number of ether oxygens (including phenoxy) is 1. The maximum Gasteiger partial charge on any atom is 0.323 e. The lowest BCUT2D eigenvalue weighted by atomic mass is 9.99. The molecule has 1 aromatic carbocycles. The van der Waals surface area contributed by atoms with Gasteiger partial charge in [0, 0.05) is 18.6 Å². The first kappa shape index (κ1) is 12.4. The van der Waals surface area contributed by atoms with Crippen LogP contribution in [0.2, 0.25) is 0 Å². The first-order chi connectivity index (χ1) is 9.22. The third kappa shape index (κ3) is 2.70. The maximum absolute atomic E-state index is 11.2. The second-order valence-corrected chi connectivity index (χ2v) is 4.95. The van der Waals surface area contributed by atoms with Crippen molar-refractivity contribution in [3.63, 3.8) is 0 Å². The molecule has 1 fully saturated rings. The minimum Gasteiger partial charge on any atom is -0.379 e. The van der Waals surface area contributed by atoms with Crippen LogP contribution in [0, 0.1) is 0 Å². The molecule has 0 aliphatic carbocycles. The summed E-state index contributed by atoms with van der Waals surface area (Å²) in [6.07, 6.45) is 0.820. The van der Waals surface area contributed by atoms with E-state index in [-0.39, 0.29) is 11.7 Å². The largest absolute Gasteiger partial charge is 0.379 e. The summed E-state index contributed by atoms with van der Waals surface area (Å²) in [6.45, 7) is 2.35. The molecule has 2 heterocycles. The van der Waals surface area contributed by atoms with Gasteiger partial charge in [-0.15, -0.1) is 0 Å². The van der Waals surface area contributed by atoms with Crippen LogP contribution >= 0.6 is 0 Å². The molecule has 5 N–H and O–H groups in total. The predicted molar refractivity (Wildman–Crippen MR) is 73.1 cm³/mol. The first-order valence-electron chi connectivity index (χ1n) is 6.51. The number of aromatic nitrogens is 2. The monoisotopic (exact) mass is 262 g/mol. The van der Waals surface area contributed by atoms with E-state index < -0.39 is 0 Å². The Bertz CT molecular complexity index is 612. The van der Waals surface area contributed by atoms with Gasteiger partial charge in [-0.25, -0.2) is 4.79 Å². The molecule has 0 saturated carbocycles. The van der Waals surface area contributed by atoms with Crippen LogP contribution in [-0.4, -0.2) is 35.8 Å². The highest BCUT2D eigenvalue weighted by Crippen LogP contribution is 2.20. The fraction of sp³-hybridized carbons (Fsp3) is 0.462. The Hall–Kier alpha value is -1.63. The van der Waals surface area contributed by atoms with Gasteiger partial charge in [0.25, 0.3) is 0 Å². The summed E-state index contributed by atoms with van der Waals surface area (Å²) >= 11 is 0. The Morgan fingerprint density at radius 1 is 1.37 bits per heavy atom. The second kappa shape index (κ2) is 5.16. The molecule has 3 rings (SSSR count). The topological polar surface area (TPSA) is 95.9 Å². The molecular weight excluding hydrogens is 244 g/mol. The lowest BCUT2D eigenvalue weighted by Crippen LogP contribution is -2.42. The Labute approximate surface area is 110 Å². The predicted octanol–water partition coefficient (Wildman–Crippen LogP) is 0.235. The van der Waals surface area contributed by atoms with Crippen LogP contribution < -0.4 is 16.7 Å². The van der Waals surface area contributed by atoms with Crippen molar-refractivity contribution in [1.29, 1.82) is 0 Å². The molecule has 6 nitrogen and oxygen atoms in total. The average molecular weight is 262 g/mol. The number of imidazole rings is 1. The smallest absolute Gasteiger partial charge is 0.323 e. The van der Waals surface area contributed by atoms with Crippen LogP contribution in [0.3, 0.4) is 0 Å². The minimum atomic E-state index is -0.192. The van der Waals surface area contributed by atoms with Crippen LogP contribution in [0.1, 0.15) is 18.0 Å². The van der Waals surface area contributed by atoms with Crippen LogP contribution in [-0.2, 0) is 4.74 Å². The summed E-state index contributed by atoms with van der Waals surface area (Å²) in [5, 5.41) is 3.39. The van der Waals surface area contributed by atoms with Crippen molar-refractivity contribution in [2.24, 2.45) is 5.73 Å². The van der Waals surface area contributed by atoms with E-state index in [2.05, 4.69) is 15.3 Å². The van der Waals surface area contributed by atoms with Crippen LogP contribution in [0.5, 0.6) is 0 Å². The summed E-state index contributed by atoms with van der Waals surface area (Å²) in [7, 11) is 0. The van der Waals surface area contributed by atoms with Crippen molar-refractivity contribution in [3.05, 3.63) is 34.2 Å². The highest BCUT2D eigenvalue weighted by Gasteiger charge is 2.18. The normalized spacial score (nSPS) is 21.6. The maximum atomic E-state index is 11.2. The number of morpholine rings is 1. The first-order valence-corrected chi connectivity index (χ1v) is 6.51. The van der Waals surface area contributed by atoms with Crippen molar-refractivity contribution in [3.8, 4) is 0 Å². The average Bonchev–Trinajstić information content (AvgIpc) is 2.78. The number of aromatic amines is 2. The van der Waals surface area contributed by atoms with E-state index in [1.54, 1.807) is 0 Å². The zero-order valence-corrected chi connectivity index (χ0v) is 10.6. The molecule has 0 bridgehead atoms. The van der Waals surface area contributed by atoms with Gasteiger partial charge in [0.2, 0.25) is 0 Å². The van der Waals surface area contributed by atoms with Gasteiger partial charge in [-0.2, -0.15) is 0 Å². The van der Waals surface area contributed by atoms with E-state index in [4.69, 9.17) is 10.5 Å². The molecule has 6 heteroatoms. The van der Waals surface area contributed by atoms with E-state index in [0.717, 1.165) is 36.2 Å². The van der Waals surface area contributed by atoms with Gasteiger partial charge in [0.1, 0.15) is 0 Å². The molecule has 1 saturated heterocycles. The van der Waals surface area contributed by atoms with Gasteiger partial charge in [-0.1, -0.05) is 6.07 Å². The SMILES string of the molecule is NC(CC1COCCN1)c1ccc2[nH]c(=O)[nH]c2c1. The van der Waals surface area contributed by atoms with Crippen molar-refractivity contribution < 1.29 is 4.74 Å². The van der Waals surface area contributed by atoms with Gasteiger partial charge in [-0.05, 0) is 24.1 Å². The van der Waals surface area contributed by atoms with Gasteiger partial charge in [0.15, 0.2) is 0 Å². The zero-order chi connectivity index (χ0) is 13.2. The van der Waals surface area contributed by atoms with E-state index in [1.165, 1.54) is 0 Å². The number of H-pyrrole nitrogens is 2. The molecule has 0 amide bonds. The molecule has 1 aromatic heterocycles. The number of nitrogens with two attached hydrogens (primary N) is 1. The zero-order valence-electron chi connectivity index (χ0n) is 10.6. The molecular formula is C13H18N4O2. The van der Waals surface area contributed by atoms with Gasteiger partial charge in [0.05, 0.1) is 24.2 Å². The molecule has 19 heavy (non-hydrogen) atoms. The summed E-state index contributed by atoms with van der Waals surface area (Å²) in [4.78, 5) is 16.7. The third-order valence-electron chi connectivity index (χ3n) is 3.51. The summed E-state index contributed by atoms with van der Waals surface area (Å²) in [6, 6.07) is 6.00. The molecule has 102 valence electrons. The molecule has 1 aliphatic heterocycles. The van der Waals surface area contributed by atoms with Gasteiger partial charge < -0.3 is 25.8 Å². The van der Waals surface area contributed by atoms with Gasteiger partial charge in [-0.3, -0.25) is 0 Å². The number of hydrogen-bond donors (Lipinski definition) is 4. The van der Waals surface area contributed by atoms with E-state index in [9.17, 15) is 4.79 Å². The van der Waals surface area contributed by atoms with Crippen molar-refractivity contribution in [2.45, 2.75) is 18.5 Å². The quantitative estimate of drug-likeness (QED) is 0.637. The lowest BCUT2D eigenvalue weighted by Gasteiger charge is -2.26. The number of rotatable bonds is 3. The highest BCUT2D eigenvalue weighted by molar-refractivity contribution is 5.75. The lowest BCUT2D eigenvalue weighted by molar-refractivity contribution is 0.0720. The summed E-state index contributed by atoms with van der Waals surface area (Å²) in [5.74, 6) is 0. The molecule has 0 radical (unpaired) electrons. The Balaban J connectivity index is 1.76. The molecule has 1 aliphatic rings. The fourth-order valence-electron chi connectivity index (χ4n) is 2.49. The highest BCUT2D eigenvalue weighted by atomic mass is 16.5.